The third kappa shape index (κ3) is 4.92. The minimum Gasteiger partial charge on any atom is -0.497 e. The summed E-state index contributed by atoms with van der Waals surface area (Å²) in [5.74, 6) is 0.399. The Morgan fingerprint density at radius 2 is 2.00 bits per heavy atom. The largest absolute Gasteiger partial charge is 0.497 e. The molecule has 29 heavy (non-hydrogen) atoms. The Morgan fingerprint density at radius 3 is 2.69 bits per heavy atom. The average Bonchev–Trinajstić information content (AvgIpc) is 3.14. The number of carbonyl (C=O) groups excluding carboxylic acids is 2. The Bertz CT molecular complexity index is 901. The maximum absolute atomic E-state index is 12.6. The summed E-state index contributed by atoms with van der Waals surface area (Å²) in [7, 11) is 1.63. The molecule has 0 saturated heterocycles. The van der Waals surface area contributed by atoms with Crippen LogP contribution in [0.15, 0.2) is 65.6 Å². The van der Waals surface area contributed by atoms with Crippen molar-refractivity contribution < 1.29 is 19.1 Å². The number of nitrogens with one attached hydrogen (secondary N) is 1. The van der Waals surface area contributed by atoms with Gasteiger partial charge in [0.1, 0.15) is 12.4 Å². The Balaban J connectivity index is 1.69. The maximum atomic E-state index is 12.6. The molecule has 0 unspecified atom stereocenters. The van der Waals surface area contributed by atoms with Crippen LogP contribution in [0.1, 0.15) is 12.5 Å². The number of hydrogen-bond donors (Lipinski definition) is 1. The third-order valence-electron chi connectivity index (χ3n) is 4.68. The SMILES string of the molecule is COc1ccc(N[C@@H](C)[C@H]2C=CC(=O)N2C(=O)OCc2ccccc2)c(SC)c1. The molecule has 1 heterocycles. The van der Waals surface area contributed by atoms with Crippen LogP contribution in [0.4, 0.5) is 10.5 Å². The second-order valence-electron chi connectivity index (χ2n) is 6.60. The molecule has 2 atom stereocenters. The number of benzene rings is 2. The molecule has 0 saturated carbocycles. The summed E-state index contributed by atoms with van der Waals surface area (Å²) < 4.78 is 10.6. The number of amides is 2. The highest BCUT2D eigenvalue weighted by Crippen LogP contribution is 2.31. The highest BCUT2D eigenvalue weighted by atomic mass is 32.2. The Labute approximate surface area is 174 Å². The van der Waals surface area contributed by atoms with E-state index in [1.165, 1.54) is 6.08 Å². The Kier molecular flexibility index (Phi) is 6.82. The molecule has 2 amide bonds. The fourth-order valence-corrected chi connectivity index (χ4v) is 3.71. The van der Waals surface area contributed by atoms with Crippen LogP contribution in [0.5, 0.6) is 5.75 Å². The minimum atomic E-state index is -0.651. The van der Waals surface area contributed by atoms with Crippen molar-refractivity contribution >= 4 is 29.4 Å². The molecule has 7 heteroatoms. The number of carbonyl (C=O) groups is 2. The van der Waals surface area contributed by atoms with E-state index in [9.17, 15) is 9.59 Å². The van der Waals surface area contributed by atoms with E-state index < -0.39 is 12.1 Å². The van der Waals surface area contributed by atoms with Crippen LogP contribution in [-0.2, 0) is 16.1 Å². The van der Waals surface area contributed by atoms with Gasteiger partial charge < -0.3 is 14.8 Å². The van der Waals surface area contributed by atoms with Crippen molar-refractivity contribution in [2.75, 3.05) is 18.7 Å². The Morgan fingerprint density at radius 1 is 1.24 bits per heavy atom. The minimum absolute atomic E-state index is 0.118. The quantitative estimate of drug-likeness (QED) is 0.683. The second kappa shape index (κ2) is 9.52. The van der Waals surface area contributed by atoms with Crippen LogP contribution in [0.3, 0.4) is 0 Å². The summed E-state index contributed by atoms with van der Waals surface area (Å²) in [6.45, 7) is 2.05. The van der Waals surface area contributed by atoms with Gasteiger partial charge in [0, 0.05) is 22.7 Å². The van der Waals surface area contributed by atoms with E-state index in [0.29, 0.717) is 0 Å². The summed E-state index contributed by atoms with van der Waals surface area (Å²) in [5, 5.41) is 3.40. The van der Waals surface area contributed by atoms with Gasteiger partial charge in [-0.1, -0.05) is 36.4 Å². The van der Waals surface area contributed by atoms with Crippen molar-refractivity contribution in [3.63, 3.8) is 0 Å². The normalized spacial score (nSPS) is 16.6. The summed E-state index contributed by atoms with van der Waals surface area (Å²) in [6, 6.07) is 14.5. The molecule has 0 spiro atoms. The number of thioether (sulfide) groups is 1. The molecule has 1 N–H and O–H groups in total. The zero-order valence-electron chi connectivity index (χ0n) is 16.6. The number of anilines is 1. The van der Waals surface area contributed by atoms with Crippen LogP contribution in [0, 0.1) is 0 Å². The standard InChI is InChI=1S/C22H24N2O4S/c1-15(23-18-10-9-17(27-2)13-20(18)29-3)19-11-12-21(25)24(19)22(26)28-14-16-7-5-4-6-8-16/h4-13,15,19,23H,14H2,1-3H3/t15-,19+/m0/s1. The first-order valence-corrected chi connectivity index (χ1v) is 10.5. The van der Waals surface area contributed by atoms with Gasteiger partial charge in [0.05, 0.1) is 13.2 Å². The van der Waals surface area contributed by atoms with Crippen molar-refractivity contribution in [1.82, 2.24) is 4.90 Å². The number of imide groups is 1. The van der Waals surface area contributed by atoms with Gasteiger partial charge in [-0.25, -0.2) is 9.69 Å². The van der Waals surface area contributed by atoms with E-state index >= 15 is 0 Å². The number of hydrogen-bond acceptors (Lipinski definition) is 6. The zero-order chi connectivity index (χ0) is 20.8. The molecule has 2 aromatic carbocycles. The van der Waals surface area contributed by atoms with Crippen LogP contribution < -0.4 is 10.1 Å². The van der Waals surface area contributed by atoms with Gasteiger partial charge in [-0.2, -0.15) is 0 Å². The van der Waals surface area contributed by atoms with Crippen molar-refractivity contribution in [2.45, 2.75) is 30.5 Å². The monoisotopic (exact) mass is 412 g/mol. The van der Waals surface area contributed by atoms with Gasteiger partial charge in [0.2, 0.25) is 0 Å². The molecule has 0 bridgehead atoms. The van der Waals surface area contributed by atoms with Gasteiger partial charge in [0.15, 0.2) is 0 Å². The predicted molar refractivity (Wildman–Crippen MR) is 114 cm³/mol. The molecule has 0 fully saturated rings. The van der Waals surface area contributed by atoms with E-state index in [1.54, 1.807) is 24.9 Å². The lowest BCUT2D eigenvalue weighted by Gasteiger charge is -2.29. The number of rotatable bonds is 7. The lowest BCUT2D eigenvalue weighted by Crippen LogP contribution is -2.47. The highest BCUT2D eigenvalue weighted by molar-refractivity contribution is 7.98. The van der Waals surface area contributed by atoms with Crippen LogP contribution in [0.25, 0.3) is 0 Å². The van der Waals surface area contributed by atoms with Crippen molar-refractivity contribution in [2.24, 2.45) is 0 Å². The summed E-state index contributed by atoms with van der Waals surface area (Å²) >= 11 is 1.59. The molecule has 6 nitrogen and oxygen atoms in total. The molecule has 3 rings (SSSR count). The van der Waals surface area contributed by atoms with Gasteiger partial charge in [-0.15, -0.1) is 11.8 Å². The molecule has 0 radical (unpaired) electrons. The van der Waals surface area contributed by atoms with Gasteiger partial charge >= 0.3 is 6.09 Å². The topological polar surface area (TPSA) is 67.9 Å². The van der Waals surface area contributed by atoms with E-state index in [-0.39, 0.29) is 18.6 Å². The van der Waals surface area contributed by atoms with E-state index in [1.807, 2.05) is 61.7 Å². The lowest BCUT2D eigenvalue weighted by atomic mass is 10.1. The van der Waals surface area contributed by atoms with E-state index in [4.69, 9.17) is 9.47 Å². The third-order valence-corrected chi connectivity index (χ3v) is 5.46. The number of methoxy groups -OCH3 is 1. The average molecular weight is 413 g/mol. The van der Waals surface area contributed by atoms with Crippen molar-refractivity contribution in [3.05, 3.63) is 66.2 Å². The van der Waals surface area contributed by atoms with Crippen LogP contribution >= 0.6 is 11.8 Å². The highest BCUT2D eigenvalue weighted by Gasteiger charge is 2.36. The molecule has 1 aliphatic rings. The predicted octanol–water partition coefficient (Wildman–Crippen LogP) is 4.32. The summed E-state index contributed by atoms with van der Waals surface area (Å²) in [4.78, 5) is 27.1. The van der Waals surface area contributed by atoms with Gasteiger partial charge in [-0.3, -0.25) is 4.79 Å². The van der Waals surface area contributed by atoms with Crippen molar-refractivity contribution in [3.8, 4) is 5.75 Å². The summed E-state index contributed by atoms with van der Waals surface area (Å²) in [6.07, 6.45) is 4.47. The van der Waals surface area contributed by atoms with Gasteiger partial charge in [-0.05, 0) is 36.9 Å². The molecule has 1 aliphatic heterocycles. The number of nitrogens with zero attached hydrogens (tertiary/aromatic N) is 1. The van der Waals surface area contributed by atoms with Crippen LogP contribution in [0.2, 0.25) is 0 Å². The second-order valence-corrected chi connectivity index (χ2v) is 7.45. The number of ether oxygens (including phenoxy) is 2. The van der Waals surface area contributed by atoms with Crippen LogP contribution in [-0.4, -0.2) is 42.3 Å². The zero-order valence-corrected chi connectivity index (χ0v) is 17.4. The smallest absolute Gasteiger partial charge is 0.417 e. The Hall–Kier alpha value is -2.93. The van der Waals surface area contributed by atoms with E-state index in [0.717, 1.165) is 26.8 Å². The first-order valence-electron chi connectivity index (χ1n) is 9.24. The molecule has 2 aromatic rings. The molecule has 0 aliphatic carbocycles. The lowest BCUT2D eigenvalue weighted by molar-refractivity contribution is -0.124. The molecule has 152 valence electrons. The van der Waals surface area contributed by atoms with Crippen molar-refractivity contribution in [1.29, 1.82) is 0 Å². The first-order chi connectivity index (χ1) is 14.0. The first kappa shape index (κ1) is 20.8. The van der Waals surface area contributed by atoms with Gasteiger partial charge in [0.25, 0.3) is 5.91 Å². The summed E-state index contributed by atoms with van der Waals surface area (Å²) in [5.41, 5.74) is 1.78. The molecular formula is C22H24N2O4S. The van der Waals surface area contributed by atoms with E-state index in [2.05, 4.69) is 5.32 Å². The fourth-order valence-electron chi connectivity index (χ4n) is 3.13. The molecule has 0 aromatic heterocycles. The molecular weight excluding hydrogens is 388 g/mol. The fraction of sp³-hybridized carbons (Fsp3) is 0.273. The maximum Gasteiger partial charge on any atom is 0.417 e.